The lowest BCUT2D eigenvalue weighted by Gasteiger charge is -2.15. The maximum Gasteiger partial charge on any atom is 0.344 e. The van der Waals surface area contributed by atoms with Gasteiger partial charge in [-0.1, -0.05) is 17.7 Å². The zero-order chi connectivity index (χ0) is 21.8. The first-order valence-corrected chi connectivity index (χ1v) is 9.55. The number of carbonyl (C=O) groups excluding carboxylic acids is 3. The summed E-state index contributed by atoms with van der Waals surface area (Å²) in [6.07, 6.45) is 0. The van der Waals surface area contributed by atoms with Gasteiger partial charge in [-0.05, 0) is 42.8 Å². The number of Topliss-reactive ketones (excluding diaryl/α,β-unsaturated/α-hetero) is 1. The number of esters is 1. The summed E-state index contributed by atoms with van der Waals surface area (Å²) in [5.74, 6) is -0.896. The number of nitrogens with one attached hydrogen (secondary N) is 1. The van der Waals surface area contributed by atoms with Crippen LogP contribution in [0, 0.1) is 5.41 Å². The predicted octanol–water partition coefficient (Wildman–Crippen LogP) is 2.40. The van der Waals surface area contributed by atoms with E-state index in [4.69, 9.17) is 32.2 Å². The van der Waals surface area contributed by atoms with Gasteiger partial charge in [0.1, 0.15) is 11.6 Å². The number of ether oxygens (including phenoxy) is 2. The third kappa shape index (κ3) is 4.60. The van der Waals surface area contributed by atoms with E-state index in [1.54, 1.807) is 25.1 Å². The summed E-state index contributed by atoms with van der Waals surface area (Å²) in [6, 6.07) is 9.37. The van der Waals surface area contributed by atoms with Crippen LogP contribution in [-0.2, 0) is 16.1 Å². The molecule has 0 unspecified atom stereocenters. The second-order valence-electron chi connectivity index (χ2n) is 6.61. The predicted molar refractivity (Wildman–Crippen MR) is 110 cm³/mol. The minimum absolute atomic E-state index is 0.0836. The van der Waals surface area contributed by atoms with Crippen LogP contribution in [0.3, 0.4) is 0 Å². The molecule has 3 N–H and O–H groups in total. The summed E-state index contributed by atoms with van der Waals surface area (Å²) in [6.45, 7) is 1.79. The van der Waals surface area contributed by atoms with Gasteiger partial charge < -0.3 is 20.1 Å². The number of nitrogens with two attached hydrogens (primary N) is 1. The summed E-state index contributed by atoms with van der Waals surface area (Å²) in [5, 5.41) is 7.69. The number of rotatable bonds is 8. The molecule has 0 aromatic heterocycles. The average molecular weight is 430 g/mol. The molecule has 30 heavy (non-hydrogen) atoms. The van der Waals surface area contributed by atoms with E-state index in [1.807, 2.05) is 0 Å². The van der Waals surface area contributed by atoms with Gasteiger partial charge in [-0.25, -0.2) is 4.79 Å². The van der Waals surface area contributed by atoms with Gasteiger partial charge in [-0.3, -0.25) is 15.0 Å². The molecule has 8 nitrogen and oxygen atoms in total. The third-order valence-electron chi connectivity index (χ3n) is 4.53. The van der Waals surface area contributed by atoms with Crippen LogP contribution in [0.2, 0.25) is 5.02 Å². The number of amides is 1. The first-order valence-electron chi connectivity index (χ1n) is 9.18. The van der Waals surface area contributed by atoms with Gasteiger partial charge in [0, 0.05) is 23.2 Å². The highest BCUT2D eigenvalue weighted by Crippen LogP contribution is 2.27. The van der Waals surface area contributed by atoms with Gasteiger partial charge in [0.2, 0.25) is 0 Å². The van der Waals surface area contributed by atoms with Crippen molar-refractivity contribution in [2.75, 3.05) is 19.8 Å². The molecule has 1 aliphatic heterocycles. The average Bonchev–Trinajstić information content (AvgIpc) is 3.02. The number of hydrogen-bond acceptors (Lipinski definition) is 6. The molecule has 0 aliphatic carbocycles. The second-order valence-corrected chi connectivity index (χ2v) is 7.02. The summed E-state index contributed by atoms with van der Waals surface area (Å²) < 4.78 is 10.1. The zero-order valence-electron chi connectivity index (χ0n) is 16.2. The third-order valence-corrected chi connectivity index (χ3v) is 4.83. The van der Waals surface area contributed by atoms with Crippen molar-refractivity contribution in [3.8, 4) is 5.75 Å². The molecule has 0 spiro atoms. The van der Waals surface area contributed by atoms with E-state index in [9.17, 15) is 14.4 Å². The number of fused-ring (bicyclic) bond motifs is 1. The standard InChI is InChI=1S/C21H20ClN3O5/c1-2-29-19(27)11-30-18-6-4-12(8-16(18)22)17(26)10-25-9-14-7-13(20(23)24)3-5-15(14)21(25)28/h3-8H,2,9-11H2,1H3,(H3,23,24). The van der Waals surface area contributed by atoms with E-state index < -0.39 is 5.97 Å². The topological polar surface area (TPSA) is 123 Å². The maximum atomic E-state index is 12.7. The molecule has 1 heterocycles. The van der Waals surface area contributed by atoms with Crippen LogP contribution in [0.15, 0.2) is 36.4 Å². The van der Waals surface area contributed by atoms with E-state index in [2.05, 4.69) is 0 Å². The summed E-state index contributed by atoms with van der Waals surface area (Å²) >= 11 is 6.16. The smallest absolute Gasteiger partial charge is 0.344 e. The van der Waals surface area contributed by atoms with Crippen molar-refractivity contribution in [3.63, 3.8) is 0 Å². The number of nitrogen functional groups attached to an aromatic ring is 1. The number of amidine groups is 1. The molecule has 9 heteroatoms. The molecule has 0 saturated heterocycles. The van der Waals surface area contributed by atoms with E-state index in [1.165, 1.54) is 23.1 Å². The van der Waals surface area contributed by atoms with Crippen LogP contribution in [-0.4, -0.2) is 48.2 Å². The molecule has 2 aromatic rings. The molecule has 1 aliphatic rings. The van der Waals surface area contributed by atoms with Gasteiger partial charge in [0.15, 0.2) is 12.4 Å². The van der Waals surface area contributed by atoms with Crippen LogP contribution in [0.5, 0.6) is 5.75 Å². The molecule has 2 aromatic carbocycles. The Morgan fingerprint density at radius 3 is 2.60 bits per heavy atom. The van der Waals surface area contributed by atoms with Crippen molar-refractivity contribution >= 4 is 35.1 Å². The largest absolute Gasteiger partial charge is 0.480 e. The Bertz CT molecular complexity index is 1040. The van der Waals surface area contributed by atoms with Crippen molar-refractivity contribution in [3.05, 3.63) is 63.7 Å². The minimum atomic E-state index is -0.520. The van der Waals surface area contributed by atoms with Crippen LogP contribution in [0.1, 0.15) is 38.8 Å². The van der Waals surface area contributed by atoms with Crippen LogP contribution in [0.4, 0.5) is 0 Å². The fourth-order valence-corrected chi connectivity index (χ4v) is 3.31. The van der Waals surface area contributed by atoms with Gasteiger partial charge in [0.05, 0.1) is 18.2 Å². The molecular formula is C21H20ClN3O5. The number of carbonyl (C=O) groups is 3. The summed E-state index contributed by atoms with van der Waals surface area (Å²) in [7, 11) is 0. The van der Waals surface area contributed by atoms with E-state index in [-0.39, 0.29) is 54.6 Å². The Kier molecular flexibility index (Phi) is 6.37. The molecule has 0 fully saturated rings. The van der Waals surface area contributed by atoms with Crippen molar-refractivity contribution in [1.29, 1.82) is 5.41 Å². The Labute approximate surface area is 178 Å². The number of hydrogen-bond donors (Lipinski definition) is 2. The fourth-order valence-electron chi connectivity index (χ4n) is 3.07. The SMILES string of the molecule is CCOC(=O)COc1ccc(C(=O)CN2Cc3cc(C(=N)N)ccc3C2=O)cc1Cl. The Hall–Kier alpha value is -3.39. The number of benzene rings is 2. The monoisotopic (exact) mass is 429 g/mol. The van der Waals surface area contributed by atoms with E-state index >= 15 is 0 Å². The van der Waals surface area contributed by atoms with Crippen LogP contribution < -0.4 is 10.5 Å². The Morgan fingerprint density at radius 2 is 1.93 bits per heavy atom. The molecule has 156 valence electrons. The highest BCUT2D eigenvalue weighted by Gasteiger charge is 2.29. The van der Waals surface area contributed by atoms with Crippen molar-refractivity contribution in [2.45, 2.75) is 13.5 Å². The molecule has 0 atom stereocenters. The maximum absolute atomic E-state index is 12.7. The molecule has 0 saturated carbocycles. The molecule has 1 amide bonds. The number of nitrogens with zero attached hydrogens (tertiary/aromatic N) is 1. The van der Waals surface area contributed by atoms with Gasteiger partial charge >= 0.3 is 5.97 Å². The fraction of sp³-hybridized carbons (Fsp3) is 0.238. The van der Waals surface area contributed by atoms with Gasteiger partial charge in [-0.2, -0.15) is 0 Å². The highest BCUT2D eigenvalue weighted by molar-refractivity contribution is 6.32. The van der Waals surface area contributed by atoms with E-state index in [0.717, 1.165) is 5.56 Å². The van der Waals surface area contributed by atoms with Crippen molar-refractivity contribution in [1.82, 2.24) is 4.90 Å². The lowest BCUT2D eigenvalue weighted by Crippen LogP contribution is -2.30. The Morgan fingerprint density at radius 1 is 1.20 bits per heavy atom. The first-order chi connectivity index (χ1) is 14.3. The van der Waals surface area contributed by atoms with Crippen LogP contribution >= 0.6 is 11.6 Å². The molecular weight excluding hydrogens is 410 g/mol. The summed E-state index contributed by atoms with van der Waals surface area (Å²) in [4.78, 5) is 38.0. The molecule has 0 radical (unpaired) electrons. The molecule has 3 rings (SSSR count). The lowest BCUT2D eigenvalue weighted by atomic mass is 10.1. The quantitative estimate of drug-likeness (QED) is 0.287. The van der Waals surface area contributed by atoms with E-state index in [0.29, 0.717) is 16.7 Å². The highest BCUT2D eigenvalue weighted by atomic mass is 35.5. The zero-order valence-corrected chi connectivity index (χ0v) is 17.0. The van der Waals surface area contributed by atoms with Crippen molar-refractivity contribution < 1.29 is 23.9 Å². The van der Waals surface area contributed by atoms with Crippen molar-refractivity contribution in [2.24, 2.45) is 5.73 Å². The second kappa shape index (κ2) is 8.96. The Balaban J connectivity index is 1.66. The van der Waals surface area contributed by atoms with Gasteiger partial charge in [0.25, 0.3) is 5.91 Å². The number of ketones is 1. The normalized spacial score (nSPS) is 12.5. The lowest BCUT2D eigenvalue weighted by molar-refractivity contribution is -0.145. The molecule has 0 bridgehead atoms. The van der Waals surface area contributed by atoms with Crippen LogP contribution in [0.25, 0.3) is 0 Å². The van der Waals surface area contributed by atoms with Gasteiger partial charge in [-0.15, -0.1) is 0 Å². The minimum Gasteiger partial charge on any atom is -0.480 e. The first kappa shape index (κ1) is 21.3. The summed E-state index contributed by atoms with van der Waals surface area (Å²) in [5.41, 5.74) is 7.56. The number of halogens is 1.